The van der Waals surface area contributed by atoms with E-state index in [1.165, 1.54) is 0 Å². The van der Waals surface area contributed by atoms with Gasteiger partial charge < -0.3 is 10.6 Å². The first-order chi connectivity index (χ1) is 7.71. The van der Waals surface area contributed by atoms with Gasteiger partial charge >= 0.3 is 0 Å². The Labute approximate surface area is 107 Å². The van der Waals surface area contributed by atoms with Gasteiger partial charge in [-0.15, -0.1) is 11.3 Å². The van der Waals surface area contributed by atoms with Crippen LogP contribution in [0.15, 0.2) is 6.20 Å². The highest BCUT2D eigenvalue weighted by Gasteiger charge is 2.29. The summed E-state index contributed by atoms with van der Waals surface area (Å²) in [5, 5.41) is 1.01. The quantitative estimate of drug-likeness (QED) is 0.895. The lowest BCUT2D eigenvalue weighted by atomic mass is 9.86. The summed E-state index contributed by atoms with van der Waals surface area (Å²) >= 11 is 1.61. The number of likely N-dealkylation sites (N-methyl/N-ethyl adjacent to an activating group) is 1. The highest BCUT2D eigenvalue weighted by atomic mass is 32.1. The van der Waals surface area contributed by atoms with Gasteiger partial charge in [-0.25, -0.2) is 4.98 Å². The van der Waals surface area contributed by atoms with Crippen LogP contribution in [0.25, 0.3) is 0 Å². The standard InChI is InChI=1S/C12H21N3OS/c1-8-14-6-9(17-8)7-15(5)11(16)10(13)12(2,3)4/h6,10H,7,13H2,1-5H3/t10-/m1/s1. The molecule has 0 saturated heterocycles. The van der Waals surface area contributed by atoms with Gasteiger partial charge in [0, 0.05) is 18.1 Å². The van der Waals surface area contributed by atoms with E-state index in [-0.39, 0.29) is 11.3 Å². The molecule has 1 amide bonds. The van der Waals surface area contributed by atoms with E-state index in [0.29, 0.717) is 6.54 Å². The third-order valence-corrected chi connectivity index (χ3v) is 3.53. The number of hydrogen-bond donors (Lipinski definition) is 1. The van der Waals surface area contributed by atoms with Crippen molar-refractivity contribution in [1.82, 2.24) is 9.88 Å². The Balaban J connectivity index is 2.65. The highest BCUT2D eigenvalue weighted by molar-refractivity contribution is 7.11. The largest absolute Gasteiger partial charge is 0.339 e. The molecule has 1 atom stereocenters. The smallest absolute Gasteiger partial charge is 0.240 e. The van der Waals surface area contributed by atoms with E-state index in [4.69, 9.17) is 5.73 Å². The summed E-state index contributed by atoms with van der Waals surface area (Å²) in [5.74, 6) is -0.0245. The summed E-state index contributed by atoms with van der Waals surface area (Å²) in [5.41, 5.74) is 5.74. The lowest BCUT2D eigenvalue weighted by Crippen LogP contribution is -2.48. The van der Waals surface area contributed by atoms with Gasteiger partial charge in [0.05, 0.1) is 17.6 Å². The molecule has 5 heteroatoms. The van der Waals surface area contributed by atoms with E-state index in [9.17, 15) is 4.79 Å². The van der Waals surface area contributed by atoms with Crippen molar-refractivity contribution in [2.75, 3.05) is 7.05 Å². The minimum atomic E-state index is -0.471. The first-order valence-electron chi connectivity index (χ1n) is 5.63. The Hall–Kier alpha value is -0.940. The molecular formula is C12H21N3OS. The lowest BCUT2D eigenvalue weighted by Gasteiger charge is -2.29. The highest BCUT2D eigenvalue weighted by Crippen LogP contribution is 2.20. The van der Waals surface area contributed by atoms with Crippen molar-refractivity contribution in [3.63, 3.8) is 0 Å². The van der Waals surface area contributed by atoms with Gasteiger partial charge in [-0.3, -0.25) is 4.79 Å². The number of nitrogens with two attached hydrogens (primary N) is 1. The van der Waals surface area contributed by atoms with Gasteiger partial charge in [0.2, 0.25) is 5.91 Å². The Kier molecular flexibility index (Phi) is 4.27. The summed E-state index contributed by atoms with van der Waals surface area (Å²) in [6.07, 6.45) is 1.81. The molecule has 1 aromatic heterocycles. The van der Waals surface area contributed by atoms with E-state index in [1.54, 1.807) is 23.3 Å². The second-order valence-corrected chi connectivity index (χ2v) is 6.70. The van der Waals surface area contributed by atoms with E-state index in [0.717, 1.165) is 9.88 Å². The Morgan fingerprint density at radius 2 is 2.18 bits per heavy atom. The van der Waals surface area contributed by atoms with E-state index in [2.05, 4.69) is 4.98 Å². The van der Waals surface area contributed by atoms with Crippen molar-refractivity contribution in [3.8, 4) is 0 Å². The van der Waals surface area contributed by atoms with Crippen molar-refractivity contribution < 1.29 is 4.79 Å². The summed E-state index contributed by atoms with van der Waals surface area (Å²) in [4.78, 5) is 19.0. The van der Waals surface area contributed by atoms with Gasteiger partial charge in [0.15, 0.2) is 0 Å². The molecule has 0 fully saturated rings. The fourth-order valence-electron chi connectivity index (χ4n) is 1.40. The van der Waals surface area contributed by atoms with Crippen LogP contribution >= 0.6 is 11.3 Å². The Morgan fingerprint density at radius 1 is 1.59 bits per heavy atom. The third-order valence-electron chi connectivity index (χ3n) is 2.64. The van der Waals surface area contributed by atoms with Crippen molar-refractivity contribution in [2.24, 2.45) is 11.1 Å². The zero-order valence-electron chi connectivity index (χ0n) is 11.2. The normalized spacial score (nSPS) is 13.5. The molecule has 0 spiro atoms. The van der Waals surface area contributed by atoms with Crippen LogP contribution in [0.2, 0.25) is 0 Å². The molecule has 0 unspecified atom stereocenters. The SMILES string of the molecule is Cc1ncc(CN(C)C(=O)[C@@H](N)C(C)(C)C)s1. The molecule has 0 radical (unpaired) electrons. The minimum Gasteiger partial charge on any atom is -0.339 e. The number of aromatic nitrogens is 1. The fourth-order valence-corrected chi connectivity index (χ4v) is 2.25. The zero-order valence-corrected chi connectivity index (χ0v) is 12.0. The van der Waals surface area contributed by atoms with E-state index in [1.807, 2.05) is 33.9 Å². The van der Waals surface area contributed by atoms with Crippen LogP contribution in [-0.4, -0.2) is 28.9 Å². The Morgan fingerprint density at radius 3 is 2.59 bits per heavy atom. The number of carbonyl (C=O) groups is 1. The van der Waals surface area contributed by atoms with Crippen LogP contribution in [0.5, 0.6) is 0 Å². The molecule has 4 nitrogen and oxygen atoms in total. The van der Waals surface area contributed by atoms with Crippen molar-refractivity contribution in [3.05, 3.63) is 16.1 Å². The molecule has 96 valence electrons. The van der Waals surface area contributed by atoms with Crippen LogP contribution in [0.1, 0.15) is 30.7 Å². The molecule has 2 N–H and O–H groups in total. The number of aryl methyl sites for hydroxylation is 1. The van der Waals surface area contributed by atoms with E-state index < -0.39 is 6.04 Å². The maximum atomic E-state index is 12.1. The van der Waals surface area contributed by atoms with E-state index >= 15 is 0 Å². The summed E-state index contributed by atoms with van der Waals surface area (Å²) in [6, 6.07) is -0.471. The second-order valence-electron chi connectivity index (χ2n) is 5.38. The fraction of sp³-hybridized carbons (Fsp3) is 0.667. The van der Waals surface area contributed by atoms with Crippen LogP contribution in [-0.2, 0) is 11.3 Å². The predicted octanol–water partition coefficient (Wildman–Crippen LogP) is 1.78. The number of thiazole rings is 1. The van der Waals surface area contributed by atoms with Crippen molar-refractivity contribution >= 4 is 17.2 Å². The first kappa shape index (κ1) is 14.1. The number of hydrogen-bond acceptors (Lipinski definition) is 4. The summed E-state index contributed by atoms with van der Waals surface area (Å²) in [7, 11) is 1.78. The summed E-state index contributed by atoms with van der Waals surface area (Å²) < 4.78 is 0. The molecule has 0 saturated carbocycles. The number of amides is 1. The van der Waals surface area contributed by atoms with Crippen LogP contribution in [0.3, 0.4) is 0 Å². The van der Waals surface area contributed by atoms with Crippen LogP contribution in [0, 0.1) is 12.3 Å². The molecule has 17 heavy (non-hydrogen) atoms. The van der Waals surface area contributed by atoms with Gasteiger partial charge in [0.1, 0.15) is 0 Å². The monoisotopic (exact) mass is 255 g/mol. The van der Waals surface area contributed by atoms with Gasteiger partial charge in [0.25, 0.3) is 0 Å². The van der Waals surface area contributed by atoms with Crippen LogP contribution in [0.4, 0.5) is 0 Å². The molecule has 0 aliphatic carbocycles. The zero-order chi connectivity index (χ0) is 13.2. The van der Waals surface area contributed by atoms with Gasteiger partial charge in [-0.05, 0) is 12.3 Å². The first-order valence-corrected chi connectivity index (χ1v) is 6.45. The number of nitrogens with zero attached hydrogens (tertiary/aromatic N) is 2. The van der Waals surface area contributed by atoms with Gasteiger partial charge in [-0.2, -0.15) is 0 Å². The Bertz CT molecular complexity index is 395. The maximum Gasteiger partial charge on any atom is 0.240 e. The average Bonchev–Trinajstić information content (AvgIpc) is 2.60. The molecular weight excluding hydrogens is 234 g/mol. The molecule has 0 aromatic carbocycles. The van der Waals surface area contributed by atoms with Crippen molar-refractivity contribution in [2.45, 2.75) is 40.3 Å². The molecule has 0 aliphatic rings. The van der Waals surface area contributed by atoms with Gasteiger partial charge in [-0.1, -0.05) is 20.8 Å². The molecule has 1 rings (SSSR count). The number of rotatable bonds is 3. The topological polar surface area (TPSA) is 59.2 Å². The average molecular weight is 255 g/mol. The summed E-state index contributed by atoms with van der Waals surface area (Å²) in [6.45, 7) is 8.45. The van der Waals surface area contributed by atoms with Crippen LogP contribution < -0.4 is 5.73 Å². The molecule has 1 heterocycles. The number of carbonyl (C=O) groups excluding carboxylic acids is 1. The van der Waals surface area contributed by atoms with Crippen molar-refractivity contribution in [1.29, 1.82) is 0 Å². The lowest BCUT2D eigenvalue weighted by molar-refractivity contribution is -0.134. The minimum absolute atomic E-state index is 0.0245. The predicted molar refractivity (Wildman–Crippen MR) is 70.8 cm³/mol. The third kappa shape index (κ3) is 3.78. The maximum absolute atomic E-state index is 12.1. The molecule has 0 bridgehead atoms. The second kappa shape index (κ2) is 5.14. The molecule has 0 aliphatic heterocycles. The molecule has 1 aromatic rings.